The third-order valence-electron chi connectivity index (χ3n) is 3.02. The fourth-order valence-electron chi connectivity index (χ4n) is 2.11. The Hall–Kier alpha value is -0.710. The first-order valence-corrected chi connectivity index (χ1v) is 8.13. The lowest BCUT2D eigenvalue weighted by atomic mass is 9.98. The van der Waals surface area contributed by atoms with Gasteiger partial charge < -0.3 is 5.32 Å². The summed E-state index contributed by atoms with van der Waals surface area (Å²) < 4.78 is 15.1. The maximum atomic E-state index is 13.1. The second-order valence-corrected chi connectivity index (χ2v) is 6.47. The van der Waals surface area contributed by atoms with E-state index in [2.05, 4.69) is 56.2 Å². The molecule has 2 aromatic carbocycles. The van der Waals surface area contributed by atoms with Crippen molar-refractivity contribution >= 4 is 31.9 Å². The SMILES string of the molecule is CCCNC(c1ccc(F)cc1)c1cc(Br)cc(Br)c1. The summed E-state index contributed by atoms with van der Waals surface area (Å²) in [4.78, 5) is 0. The highest BCUT2D eigenvalue weighted by Crippen LogP contribution is 2.28. The summed E-state index contributed by atoms with van der Waals surface area (Å²) in [5, 5.41) is 3.51. The second-order valence-electron chi connectivity index (χ2n) is 4.64. The summed E-state index contributed by atoms with van der Waals surface area (Å²) in [6.07, 6.45) is 1.05. The Bertz CT molecular complexity index is 549. The zero-order valence-electron chi connectivity index (χ0n) is 11.2. The van der Waals surface area contributed by atoms with Crippen molar-refractivity contribution in [1.29, 1.82) is 0 Å². The Morgan fingerprint density at radius 2 is 1.60 bits per heavy atom. The van der Waals surface area contributed by atoms with Crippen LogP contribution in [0.2, 0.25) is 0 Å². The van der Waals surface area contributed by atoms with Crippen molar-refractivity contribution in [2.75, 3.05) is 6.54 Å². The van der Waals surface area contributed by atoms with E-state index in [1.54, 1.807) is 0 Å². The van der Waals surface area contributed by atoms with E-state index in [0.717, 1.165) is 33.0 Å². The molecule has 0 radical (unpaired) electrons. The lowest BCUT2D eigenvalue weighted by Crippen LogP contribution is -2.23. The molecule has 0 saturated carbocycles. The molecule has 0 spiro atoms. The largest absolute Gasteiger partial charge is 0.306 e. The minimum Gasteiger partial charge on any atom is -0.306 e. The zero-order valence-corrected chi connectivity index (χ0v) is 14.3. The molecule has 1 atom stereocenters. The summed E-state index contributed by atoms with van der Waals surface area (Å²) in [5.74, 6) is -0.210. The second kappa shape index (κ2) is 7.34. The average molecular weight is 401 g/mol. The first-order chi connectivity index (χ1) is 9.60. The molecule has 0 aliphatic rings. The standard InChI is InChI=1S/C16H16Br2FN/c1-2-7-20-16(11-3-5-15(19)6-4-11)12-8-13(17)10-14(18)9-12/h3-6,8-10,16,20H,2,7H2,1H3. The summed E-state index contributed by atoms with van der Waals surface area (Å²) in [7, 11) is 0. The van der Waals surface area contributed by atoms with Crippen LogP contribution in [0.25, 0.3) is 0 Å². The molecule has 106 valence electrons. The molecule has 0 aliphatic carbocycles. The third kappa shape index (κ3) is 4.14. The summed E-state index contributed by atoms with van der Waals surface area (Å²) in [5.41, 5.74) is 2.20. The van der Waals surface area contributed by atoms with E-state index < -0.39 is 0 Å². The van der Waals surface area contributed by atoms with Gasteiger partial charge in [0.05, 0.1) is 6.04 Å². The van der Waals surface area contributed by atoms with Gasteiger partial charge in [-0.05, 0) is 54.4 Å². The van der Waals surface area contributed by atoms with Crippen LogP contribution in [0.1, 0.15) is 30.5 Å². The molecular weight excluding hydrogens is 385 g/mol. The Labute approximate surface area is 135 Å². The predicted octanol–water partition coefficient (Wildman–Crippen LogP) is 5.44. The van der Waals surface area contributed by atoms with E-state index in [1.807, 2.05) is 18.2 Å². The van der Waals surface area contributed by atoms with E-state index in [9.17, 15) is 4.39 Å². The Kier molecular flexibility index (Phi) is 5.75. The molecule has 1 unspecified atom stereocenters. The quantitative estimate of drug-likeness (QED) is 0.704. The van der Waals surface area contributed by atoms with Gasteiger partial charge in [-0.15, -0.1) is 0 Å². The van der Waals surface area contributed by atoms with Gasteiger partial charge in [0.1, 0.15) is 5.82 Å². The van der Waals surface area contributed by atoms with Gasteiger partial charge in [-0.3, -0.25) is 0 Å². The van der Waals surface area contributed by atoms with Gasteiger partial charge >= 0.3 is 0 Å². The molecule has 0 amide bonds. The van der Waals surface area contributed by atoms with Crippen molar-refractivity contribution in [2.45, 2.75) is 19.4 Å². The normalized spacial score (nSPS) is 12.4. The van der Waals surface area contributed by atoms with E-state index >= 15 is 0 Å². The molecule has 2 rings (SSSR count). The van der Waals surface area contributed by atoms with Crippen molar-refractivity contribution in [3.05, 3.63) is 68.4 Å². The molecule has 0 fully saturated rings. The molecular formula is C16H16Br2FN. The van der Waals surface area contributed by atoms with E-state index in [-0.39, 0.29) is 11.9 Å². The van der Waals surface area contributed by atoms with Crippen molar-refractivity contribution in [3.63, 3.8) is 0 Å². The van der Waals surface area contributed by atoms with Gasteiger partial charge in [-0.25, -0.2) is 4.39 Å². The van der Waals surface area contributed by atoms with Crippen LogP contribution < -0.4 is 5.32 Å². The van der Waals surface area contributed by atoms with Crippen molar-refractivity contribution in [3.8, 4) is 0 Å². The lowest BCUT2D eigenvalue weighted by molar-refractivity contribution is 0.592. The topological polar surface area (TPSA) is 12.0 Å². The van der Waals surface area contributed by atoms with Crippen LogP contribution in [0.5, 0.6) is 0 Å². The van der Waals surface area contributed by atoms with E-state index in [0.29, 0.717) is 0 Å². The Morgan fingerprint density at radius 1 is 1.00 bits per heavy atom. The van der Waals surface area contributed by atoms with Crippen molar-refractivity contribution in [2.24, 2.45) is 0 Å². The summed E-state index contributed by atoms with van der Waals surface area (Å²) in [6, 6.07) is 12.9. The van der Waals surface area contributed by atoms with Crippen LogP contribution in [-0.4, -0.2) is 6.54 Å². The van der Waals surface area contributed by atoms with Gasteiger partial charge in [0.15, 0.2) is 0 Å². The molecule has 0 aliphatic heterocycles. The molecule has 0 saturated heterocycles. The van der Waals surface area contributed by atoms with Gasteiger partial charge in [0, 0.05) is 8.95 Å². The number of hydrogen-bond donors (Lipinski definition) is 1. The number of rotatable bonds is 5. The third-order valence-corrected chi connectivity index (χ3v) is 3.94. The number of nitrogens with one attached hydrogen (secondary N) is 1. The molecule has 0 bridgehead atoms. The van der Waals surface area contributed by atoms with Crippen LogP contribution in [0.3, 0.4) is 0 Å². The van der Waals surface area contributed by atoms with Crippen LogP contribution in [-0.2, 0) is 0 Å². The Balaban J connectivity index is 2.38. The minimum absolute atomic E-state index is 0.0596. The monoisotopic (exact) mass is 399 g/mol. The molecule has 2 aromatic rings. The molecule has 4 heteroatoms. The smallest absolute Gasteiger partial charge is 0.123 e. The van der Waals surface area contributed by atoms with Crippen LogP contribution in [0.4, 0.5) is 4.39 Å². The maximum absolute atomic E-state index is 13.1. The molecule has 0 heterocycles. The van der Waals surface area contributed by atoms with Gasteiger partial charge in [0.2, 0.25) is 0 Å². The van der Waals surface area contributed by atoms with Crippen LogP contribution >= 0.6 is 31.9 Å². The molecule has 0 aromatic heterocycles. The minimum atomic E-state index is -0.210. The average Bonchev–Trinajstić information content (AvgIpc) is 2.40. The van der Waals surface area contributed by atoms with E-state index in [4.69, 9.17) is 0 Å². The van der Waals surface area contributed by atoms with Crippen LogP contribution in [0, 0.1) is 5.82 Å². The lowest BCUT2D eigenvalue weighted by Gasteiger charge is -2.20. The summed E-state index contributed by atoms with van der Waals surface area (Å²) in [6.45, 7) is 3.04. The van der Waals surface area contributed by atoms with Crippen molar-refractivity contribution in [1.82, 2.24) is 5.32 Å². The van der Waals surface area contributed by atoms with E-state index in [1.165, 1.54) is 12.1 Å². The van der Waals surface area contributed by atoms with Crippen LogP contribution in [0.15, 0.2) is 51.4 Å². The van der Waals surface area contributed by atoms with Gasteiger partial charge in [0.25, 0.3) is 0 Å². The highest BCUT2D eigenvalue weighted by atomic mass is 79.9. The highest BCUT2D eigenvalue weighted by Gasteiger charge is 2.14. The zero-order chi connectivity index (χ0) is 14.5. The first-order valence-electron chi connectivity index (χ1n) is 6.55. The fraction of sp³-hybridized carbons (Fsp3) is 0.250. The predicted molar refractivity (Wildman–Crippen MR) is 88.4 cm³/mol. The van der Waals surface area contributed by atoms with Gasteiger partial charge in [-0.2, -0.15) is 0 Å². The first kappa shape index (κ1) is 15.7. The number of benzene rings is 2. The van der Waals surface area contributed by atoms with Crippen molar-refractivity contribution < 1.29 is 4.39 Å². The number of hydrogen-bond acceptors (Lipinski definition) is 1. The van der Waals surface area contributed by atoms with Gasteiger partial charge in [-0.1, -0.05) is 50.9 Å². The maximum Gasteiger partial charge on any atom is 0.123 e. The summed E-state index contributed by atoms with van der Waals surface area (Å²) >= 11 is 7.03. The molecule has 1 N–H and O–H groups in total. The molecule has 1 nitrogen and oxygen atoms in total. The number of halogens is 3. The molecule has 20 heavy (non-hydrogen) atoms. The fourth-order valence-corrected chi connectivity index (χ4v) is 3.44. The highest BCUT2D eigenvalue weighted by molar-refractivity contribution is 9.11. The Morgan fingerprint density at radius 3 is 2.15 bits per heavy atom.